The molecular formula is C25H21ClN2O3. The highest BCUT2D eigenvalue weighted by Gasteiger charge is 2.19. The summed E-state index contributed by atoms with van der Waals surface area (Å²) in [5.41, 5.74) is 3.12. The minimum Gasteiger partial charge on any atom is -0.497 e. The van der Waals surface area contributed by atoms with Crippen LogP contribution in [-0.2, 0) is 13.1 Å². The first-order valence-corrected chi connectivity index (χ1v) is 10.2. The standard InChI is InChI=1S/C25H21ClN2O3/c1-30-23-9-5-8-20(14-23)24-15-22(27-31-24)17-28(16-18-6-3-2-4-7-18)25(29)19-10-12-21(26)13-11-19/h2-15H,16-17H2,1H3. The second-order valence-electron chi connectivity index (χ2n) is 7.07. The van der Waals surface area contributed by atoms with Gasteiger partial charge in [-0.25, -0.2) is 0 Å². The minimum absolute atomic E-state index is 0.105. The van der Waals surface area contributed by atoms with Gasteiger partial charge in [-0.1, -0.05) is 59.2 Å². The summed E-state index contributed by atoms with van der Waals surface area (Å²) in [7, 11) is 1.62. The highest BCUT2D eigenvalue weighted by molar-refractivity contribution is 6.30. The van der Waals surface area contributed by atoms with Gasteiger partial charge in [0, 0.05) is 28.8 Å². The molecule has 5 nitrogen and oxygen atoms in total. The van der Waals surface area contributed by atoms with Crippen LogP contribution in [0, 0.1) is 0 Å². The third-order valence-electron chi connectivity index (χ3n) is 4.86. The van der Waals surface area contributed by atoms with Crippen molar-refractivity contribution in [3.63, 3.8) is 0 Å². The van der Waals surface area contributed by atoms with Gasteiger partial charge in [0.25, 0.3) is 5.91 Å². The van der Waals surface area contributed by atoms with Crippen LogP contribution in [0.2, 0.25) is 5.02 Å². The fourth-order valence-electron chi connectivity index (χ4n) is 3.27. The fourth-order valence-corrected chi connectivity index (χ4v) is 3.40. The van der Waals surface area contributed by atoms with Gasteiger partial charge in [0.1, 0.15) is 11.4 Å². The number of benzene rings is 3. The normalized spacial score (nSPS) is 10.6. The van der Waals surface area contributed by atoms with Gasteiger partial charge in [0.2, 0.25) is 0 Å². The summed E-state index contributed by atoms with van der Waals surface area (Å²) in [6, 6.07) is 26.1. The molecule has 3 aromatic carbocycles. The number of nitrogens with zero attached hydrogens (tertiary/aromatic N) is 2. The summed E-state index contributed by atoms with van der Waals surface area (Å²) in [4.78, 5) is 15.0. The van der Waals surface area contributed by atoms with Gasteiger partial charge in [0.05, 0.1) is 13.7 Å². The number of rotatable bonds is 7. The maximum Gasteiger partial charge on any atom is 0.254 e. The Balaban J connectivity index is 1.59. The number of carbonyl (C=O) groups excluding carboxylic acids is 1. The molecule has 0 spiro atoms. The van der Waals surface area contributed by atoms with E-state index in [9.17, 15) is 4.79 Å². The van der Waals surface area contributed by atoms with E-state index in [-0.39, 0.29) is 5.91 Å². The molecule has 0 N–H and O–H groups in total. The van der Waals surface area contributed by atoms with Crippen molar-refractivity contribution in [1.29, 1.82) is 0 Å². The highest BCUT2D eigenvalue weighted by Crippen LogP contribution is 2.25. The van der Waals surface area contributed by atoms with E-state index in [1.807, 2.05) is 60.7 Å². The number of ether oxygens (including phenoxy) is 1. The molecule has 31 heavy (non-hydrogen) atoms. The summed E-state index contributed by atoms with van der Waals surface area (Å²) in [5.74, 6) is 1.25. The summed E-state index contributed by atoms with van der Waals surface area (Å²) in [6.45, 7) is 0.757. The van der Waals surface area contributed by atoms with E-state index >= 15 is 0 Å². The average molecular weight is 433 g/mol. The fraction of sp³-hybridized carbons (Fsp3) is 0.120. The third-order valence-corrected chi connectivity index (χ3v) is 5.11. The number of hydrogen-bond donors (Lipinski definition) is 0. The van der Waals surface area contributed by atoms with Crippen molar-refractivity contribution in [2.75, 3.05) is 7.11 Å². The van der Waals surface area contributed by atoms with E-state index in [0.29, 0.717) is 35.1 Å². The molecule has 4 rings (SSSR count). The van der Waals surface area contributed by atoms with Crippen molar-refractivity contribution in [2.45, 2.75) is 13.1 Å². The molecular weight excluding hydrogens is 412 g/mol. The third kappa shape index (κ3) is 5.13. The van der Waals surface area contributed by atoms with Crippen molar-refractivity contribution < 1.29 is 14.1 Å². The lowest BCUT2D eigenvalue weighted by Gasteiger charge is -2.22. The Bertz CT molecular complexity index is 1160. The van der Waals surface area contributed by atoms with Crippen LogP contribution in [0.1, 0.15) is 21.6 Å². The van der Waals surface area contributed by atoms with Crippen molar-refractivity contribution in [2.24, 2.45) is 0 Å². The van der Waals surface area contributed by atoms with Gasteiger partial charge < -0.3 is 14.2 Å². The maximum absolute atomic E-state index is 13.2. The number of methoxy groups -OCH3 is 1. The van der Waals surface area contributed by atoms with E-state index in [4.69, 9.17) is 20.9 Å². The molecule has 4 aromatic rings. The number of carbonyl (C=O) groups is 1. The molecule has 0 fully saturated rings. The van der Waals surface area contributed by atoms with Crippen LogP contribution >= 0.6 is 11.6 Å². The largest absolute Gasteiger partial charge is 0.497 e. The van der Waals surface area contributed by atoms with Crippen LogP contribution < -0.4 is 4.74 Å². The zero-order chi connectivity index (χ0) is 21.6. The predicted octanol–water partition coefficient (Wildman–Crippen LogP) is 5.85. The topological polar surface area (TPSA) is 55.6 Å². The van der Waals surface area contributed by atoms with Crippen molar-refractivity contribution in [3.8, 4) is 17.1 Å². The second kappa shape index (κ2) is 9.49. The van der Waals surface area contributed by atoms with Crippen LogP contribution in [0.4, 0.5) is 0 Å². The Morgan fingerprint density at radius 3 is 2.48 bits per heavy atom. The summed E-state index contributed by atoms with van der Waals surface area (Å²) >= 11 is 5.98. The van der Waals surface area contributed by atoms with Gasteiger partial charge in [-0.05, 0) is 42.0 Å². The molecule has 0 saturated carbocycles. The Labute approximate surface area is 185 Å². The average Bonchev–Trinajstić information content (AvgIpc) is 3.28. The van der Waals surface area contributed by atoms with E-state index in [1.54, 1.807) is 36.3 Å². The van der Waals surface area contributed by atoms with Crippen molar-refractivity contribution in [1.82, 2.24) is 10.1 Å². The molecule has 0 saturated heterocycles. The molecule has 0 aliphatic rings. The summed E-state index contributed by atoms with van der Waals surface area (Å²) in [5, 5.41) is 4.78. The zero-order valence-electron chi connectivity index (χ0n) is 17.0. The van der Waals surface area contributed by atoms with E-state index in [1.165, 1.54) is 0 Å². The number of hydrogen-bond acceptors (Lipinski definition) is 4. The monoisotopic (exact) mass is 432 g/mol. The van der Waals surface area contributed by atoms with Gasteiger partial charge in [-0.15, -0.1) is 0 Å². The number of amides is 1. The Kier molecular flexibility index (Phi) is 6.34. The molecule has 6 heteroatoms. The van der Waals surface area contributed by atoms with Crippen LogP contribution in [0.3, 0.4) is 0 Å². The molecule has 0 unspecified atom stereocenters. The second-order valence-corrected chi connectivity index (χ2v) is 7.50. The highest BCUT2D eigenvalue weighted by atomic mass is 35.5. The summed E-state index contributed by atoms with van der Waals surface area (Å²) < 4.78 is 10.8. The van der Waals surface area contributed by atoms with Gasteiger partial charge in [0.15, 0.2) is 5.76 Å². The van der Waals surface area contributed by atoms with E-state index in [0.717, 1.165) is 16.9 Å². The minimum atomic E-state index is -0.105. The summed E-state index contributed by atoms with van der Waals surface area (Å²) in [6.07, 6.45) is 0. The molecule has 1 heterocycles. The van der Waals surface area contributed by atoms with Crippen LogP contribution in [0.25, 0.3) is 11.3 Å². The Hall–Kier alpha value is -3.57. The van der Waals surface area contributed by atoms with E-state index in [2.05, 4.69) is 5.16 Å². The first-order valence-electron chi connectivity index (χ1n) is 9.81. The predicted molar refractivity (Wildman–Crippen MR) is 120 cm³/mol. The van der Waals surface area contributed by atoms with E-state index < -0.39 is 0 Å². The smallest absolute Gasteiger partial charge is 0.254 e. The molecule has 1 aromatic heterocycles. The lowest BCUT2D eigenvalue weighted by Crippen LogP contribution is -2.30. The molecule has 0 aliphatic heterocycles. The molecule has 0 bridgehead atoms. The number of aromatic nitrogens is 1. The molecule has 0 radical (unpaired) electrons. The molecule has 0 aliphatic carbocycles. The van der Waals surface area contributed by atoms with Gasteiger partial charge >= 0.3 is 0 Å². The lowest BCUT2D eigenvalue weighted by molar-refractivity contribution is 0.0726. The Morgan fingerprint density at radius 2 is 1.74 bits per heavy atom. The molecule has 0 atom stereocenters. The van der Waals surface area contributed by atoms with Crippen molar-refractivity contribution >= 4 is 17.5 Å². The van der Waals surface area contributed by atoms with Gasteiger partial charge in [-0.3, -0.25) is 4.79 Å². The lowest BCUT2D eigenvalue weighted by atomic mass is 10.1. The molecule has 1 amide bonds. The maximum atomic E-state index is 13.2. The van der Waals surface area contributed by atoms with Gasteiger partial charge in [-0.2, -0.15) is 0 Å². The molecule has 156 valence electrons. The SMILES string of the molecule is COc1cccc(-c2cc(CN(Cc3ccccc3)C(=O)c3ccc(Cl)cc3)no2)c1. The Morgan fingerprint density at radius 1 is 0.968 bits per heavy atom. The van der Waals surface area contributed by atoms with Crippen molar-refractivity contribution in [3.05, 3.63) is 107 Å². The number of halogens is 1. The zero-order valence-corrected chi connectivity index (χ0v) is 17.8. The van der Waals surface area contributed by atoms with Crippen LogP contribution in [-0.4, -0.2) is 23.1 Å². The van der Waals surface area contributed by atoms with Crippen LogP contribution in [0.15, 0.2) is 89.5 Å². The quantitative estimate of drug-likeness (QED) is 0.367. The van der Waals surface area contributed by atoms with Crippen LogP contribution in [0.5, 0.6) is 5.75 Å². The first-order chi connectivity index (χ1) is 15.1. The first kappa shape index (κ1) is 20.7.